The molecule has 18 heavy (non-hydrogen) atoms. The van der Waals surface area contributed by atoms with Gasteiger partial charge >= 0.3 is 0 Å². The number of hydrogen-bond donors (Lipinski definition) is 2. The zero-order chi connectivity index (χ0) is 14.0. The van der Waals surface area contributed by atoms with Crippen molar-refractivity contribution in [1.82, 2.24) is 5.32 Å². The molecule has 3 N–H and O–H groups in total. The standard InChI is InChI=1S/C12H24N2O3S/c1-12(2,3)7-9(13)6-11(15)14-10-4-5-18(16,17)8-10/h9-10H,4-8,13H2,1-3H3,(H,14,15). The first kappa shape index (κ1) is 15.4. The highest BCUT2D eigenvalue weighted by atomic mass is 32.2. The van der Waals surface area contributed by atoms with Gasteiger partial charge in [0.05, 0.1) is 11.5 Å². The summed E-state index contributed by atoms with van der Waals surface area (Å²) in [5.74, 6) is 0.0908. The van der Waals surface area contributed by atoms with Crippen molar-refractivity contribution in [2.75, 3.05) is 11.5 Å². The molecule has 0 spiro atoms. The topological polar surface area (TPSA) is 89.3 Å². The summed E-state index contributed by atoms with van der Waals surface area (Å²) >= 11 is 0. The molecule has 0 aromatic heterocycles. The second-order valence-corrected chi connectivity index (χ2v) is 8.63. The van der Waals surface area contributed by atoms with Crippen molar-refractivity contribution in [1.29, 1.82) is 0 Å². The Morgan fingerprint density at radius 2 is 2.06 bits per heavy atom. The number of rotatable bonds is 4. The van der Waals surface area contributed by atoms with Gasteiger partial charge in [0.15, 0.2) is 9.84 Å². The van der Waals surface area contributed by atoms with Crippen LogP contribution in [0.5, 0.6) is 0 Å². The number of nitrogens with two attached hydrogens (primary N) is 1. The number of nitrogens with one attached hydrogen (secondary N) is 1. The van der Waals surface area contributed by atoms with E-state index in [4.69, 9.17) is 5.73 Å². The lowest BCUT2D eigenvalue weighted by Crippen LogP contribution is -2.39. The van der Waals surface area contributed by atoms with Crippen LogP contribution in [0.4, 0.5) is 0 Å². The molecule has 1 rings (SSSR count). The third-order valence-corrected chi connectivity index (χ3v) is 4.69. The SMILES string of the molecule is CC(C)(C)CC(N)CC(=O)NC1CCS(=O)(=O)C1. The minimum Gasteiger partial charge on any atom is -0.352 e. The predicted molar refractivity (Wildman–Crippen MR) is 71.9 cm³/mol. The maximum Gasteiger partial charge on any atom is 0.221 e. The fourth-order valence-corrected chi connectivity index (χ4v) is 3.97. The van der Waals surface area contributed by atoms with Gasteiger partial charge < -0.3 is 11.1 Å². The van der Waals surface area contributed by atoms with E-state index in [-0.39, 0.29) is 41.3 Å². The quantitative estimate of drug-likeness (QED) is 0.780. The Kier molecular flexibility index (Phi) is 4.78. The molecule has 0 aromatic carbocycles. The minimum atomic E-state index is -2.94. The maximum atomic E-state index is 11.7. The van der Waals surface area contributed by atoms with Crippen molar-refractivity contribution in [2.45, 2.75) is 52.1 Å². The highest BCUT2D eigenvalue weighted by Gasteiger charge is 2.29. The van der Waals surface area contributed by atoms with Gasteiger partial charge in [0.25, 0.3) is 0 Å². The van der Waals surface area contributed by atoms with E-state index < -0.39 is 9.84 Å². The van der Waals surface area contributed by atoms with Gasteiger partial charge in [0.1, 0.15) is 0 Å². The Labute approximate surface area is 109 Å². The van der Waals surface area contributed by atoms with Crippen LogP contribution in [0.2, 0.25) is 0 Å². The molecule has 1 fully saturated rings. The average molecular weight is 276 g/mol. The van der Waals surface area contributed by atoms with Crippen molar-refractivity contribution < 1.29 is 13.2 Å². The Morgan fingerprint density at radius 3 is 2.50 bits per heavy atom. The lowest BCUT2D eigenvalue weighted by atomic mass is 9.87. The van der Waals surface area contributed by atoms with Gasteiger partial charge in [-0.25, -0.2) is 8.42 Å². The van der Waals surface area contributed by atoms with Crippen LogP contribution >= 0.6 is 0 Å². The van der Waals surface area contributed by atoms with E-state index in [1.165, 1.54) is 0 Å². The van der Waals surface area contributed by atoms with E-state index in [2.05, 4.69) is 26.1 Å². The summed E-state index contributed by atoms with van der Waals surface area (Å²) in [5.41, 5.74) is 6.00. The molecule has 1 heterocycles. The summed E-state index contributed by atoms with van der Waals surface area (Å²) in [5, 5.41) is 2.75. The predicted octanol–water partition coefficient (Wildman–Crippen LogP) is 0.443. The van der Waals surface area contributed by atoms with Crippen molar-refractivity contribution in [3.05, 3.63) is 0 Å². The Balaban J connectivity index is 2.34. The molecule has 0 saturated carbocycles. The summed E-state index contributed by atoms with van der Waals surface area (Å²) in [4.78, 5) is 11.7. The van der Waals surface area contributed by atoms with E-state index in [1.807, 2.05) is 0 Å². The molecule has 6 heteroatoms. The van der Waals surface area contributed by atoms with Crippen LogP contribution in [0.25, 0.3) is 0 Å². The molecule has 1 amide bonds. The molecule has 106 valence electrons. The van der Waals surface area contributed by atoms with E-state index in [1.54, 1.807) is 0 Å². The molecule has 1 aliphatic rings. The van der Waals surface area contributed by atoms with Crippen LogP contribution < -0.4 is 11.1 Å². The Hall–Kier alpha value is -0.620. The van der Waals surface area contributed by atoms with Crippen LogP contribution in [0, 0.1) is 5.41 Å². The maximum absolute atomic E-state index is 11.7. The van der Waals surface area contributed by atoms with Crippen molar-refractivity contribution in [3.63, 3.8) is 0 Å². The molecular formula is C12H24N2O3S. The Morgan fingerprint density at radius 1 is 1.44 bits per heavy atom. The zero-order valence-corrected chi connectivity index (χ0v) is 12.2. The van der Waals surface area contributed by atoms with Gasteiger partial charge in [-0.3, -0.25) is 4.79 Å². The number of carbonyl (C=O) groups excluding carboxylic acids is 1. The molecular weight excluding hydrogens is 252 g/mol. The molecule has 2 unspecified atom stereocenters. The summed E-state index contributed by atoms with van der Waals surface area (Å²) < 4.78 is 22.5. The first-order chi connectivity index (χ1) is 8.07. The van der Waals surface area contributed by atoms with Gasteiger partial charge in [0.2, 0.25) is 5.91 Å². The third kappa shape index (κ3) is 5.82. The summed E-state index contributed by atoms with van der Waals surface area (Å²) in [6, 6.07) is -0.410. The molecule has 5 nitrogen and oxygen atoms in total. The monoisotopic (exact) mass is 276 g/mol. The lowest BCUT2D eigenvalue weighted by molar-refractivity contribution is -0.122. The number of sulfone groups is 1. The molecule has 2 atom stereocenters. The fraction of sp³-hybridized carbons (Fsp3) is 0.917. The van der Waals surface area contributed by atoms with Crippen LogP contribution in [0.15, 0.2) is 0 Å². The van der Waals surface area contributed by atoms with E-state index in [0.29, 0.717) is 6.42 Å². The van der Waals surface area contributed by atoms with Crippen molar-refractivity contribution >= 4 is 15.7 Å². The van der Waals surface area contributed by atoms with Crippen LogP contribution in [-0.2, 0) is 14.6 Å². The van der Waals surface area contributed by atoms with Gasteiger partial charge in [-0.2, -0.15) is 0 Å². The fourth-order valence-electron chi connectivity index (χ4n) is 2.29. The average Bonchev–Trinajstić information content (AvgIpc) is 2.40. The van der Waals surface area contributed by atoms with E-state index >= 15 is 0 Å². The highest BCUT2D eigenvalue weighted by molar-refractivity contribution is 7.91. The summed E-state index contributed by atoms with van der Waals surface area (Å²) in [7, 11) is -2.94. The lowest BCUT2D eigenvalue weighted by Gasteiger charge is -2.23. The second kappa shape index (κ2) is 5.57. The normalized spacial score (nSPS) is 24.8. The van der Waals surface area contributed by atoms with Crippen molar-refractivity contribution in [2.24, 2.45) is 11.1 Å². The molecule has 0 bridgehead atoms. The number of hydrogen-bond acceptors (Lipinski definition) is 4. The van der Waals surface area contributed by atoms with Gasteiger partial charge in [-0.15, -0.1) is 0 Å². The first-order valence-electron chi connectivity index (χ1n) is 6.33. The van der Waals surface area contributed by atoms with E-state index in [9.17, 15) is 13.2 Å². The molecule has 0 aliphatic carbocycles. The molecule has 0 radical (unpaired) electrons. The van der Waals surface area contributed by atoms with Gasteiger partial charge in [-0.1, -0.05) is 20.8 Å². The van der Waals surface area contributed by atoms with Crippen LogP contribution in [0.1, 0.15) is 40.0 Å². The molecule has 1 saturated heterocycles. The minimum absolute atomic E-state index is 0.0627. The largest absolute Gasteiger partial charge is 0.352 e. The molecule has 0 aromatic rings. The summed E-state index contributed by atoms with van der Waals surface area (Å²) in [6.07, 6.45) is 1.54. The number of amides is 1. The molecule has 1 aliphatic heterocycles. The summed E-state index contributed by atoms with van der Waals surface area (Å²) in [6.45, 7) is 6.23. The van der Waals surface area contributed by atoms with Gasteiger partial charge in [0, 0.05) is 18.5 Å². The number of carbonyl (C=O) groups is 1. The third-order valence-electron chi connectivity index (χ3n) is 2.92. The zero-order valence-electron chi connectivity index (χ0n) is 11.4. The Bertz CT molecular complexity index is 398. The van der Waals surface area contributed by atoms with Crippen LogP contribution in [0.3, 0.4) is 0 Å². The van der Waals surface area contributed by atoms with Crippen molar-refractivity contribution in [3.8, 4) is 0 Å². The first-order valence-corrected chi connectivity index (χ1v) is 8.15. The van der Waals surface area contributed by atoms with Crippen LogP contribution in [-0.4, -0.2) is 37.9 Å². The van der Waals surface area contributed by atoms with Gasteiger partial charge in [-0.05, 0) is 18.3 Å². The van der Waals surface area contributed by atoms with E-state index in [0.717, 1.165) is 6.42 Å². The smallest absolute Gasteiger partial charge is 0.221 e. The highest BCUT2D eigenvalue weighted by Crippen LogP contribution is 2.21. The second-order valence-electron chi connectivity index (χ2n) is 6.40.